The Morgan fingerprint density at radius 3 is 3.22 bits per heavy atom. The maximum atomic E-state index is 8.28. The summed E-state index contributed by atoms with van der Waals surface area (Å²) in [5.74, 6) is 0. The Balaban J connectivity index is 1.98. The summed E-state index contributed by atoms with van der Waals surface area (Å²) in [6, 6.07) is 0. The van der Waals surface area contributed by atoms with E-state index in [9.17, 15) is 0 Å². The van der Waals surface area contributed by atoms with Crippen LogP contribution in [0.2, 0.25) is 0 Å². The number of hydrogen-bond donors (Lipinski definition) is 1. The third-order valence-electron chi connectivity index (χ3n) is 1.36. The van der Waals surface area contributed by atoms with Crippen molar-refractivity contribution in [1.29, 1.82) is 0 Å². The average molecular weight is 150 g/mol. The van der Waals surface area contributed by atoms with E-state index in [-0.39, 0.29) is 6.10 Å². The van der Waals surface area contributed by atoms with Crippen LogP contribution in [0.1, 0.15) is 12.8 Å². The molecule has 1 aliphatic heterocycles. The van der Waals surface area contributed by atoms with E-state index in [0.29, 0.717) is 6.61 Å². The first-order valence-corrected chi connectivity index (χ1v) is 3.91. The van der Waals surface area contributed by atoms with Gasteiger partial charge in [0.05, 0.1) is 12.7 Å². The summed E-state index contributed by atoms with van der Waals surface area (Å²) in [4.78, 5) is 8.28. The molecule has 0 amide bonds. The van der Waals surface area contributed by atoms with Crippen LogP contribution in [0, 0.1) is 0 Å². The second-order valence-corrected chi connectivity index (χ2v) is 2.51. The van der Waals surface area contributed by atoms with E-state index in [4.69, 9.17) is 14.2 Å². The molecule has 54 valence electrons. The molecule has 1 N–H and O–H groups in total. The molecule has 1 fully saturated rings. The Kier molecular flexibility index (Phi) is 3.44. The lowest BCUT2D eigenvalue weighted by Gasteiger charge is -2.06. The van der Waals surface area contributed by atoms with Crippen molar-refractivity contribution in [2.75, 3.05) is 13.2 Å². The van der Waals surface area contributed by atoms with Crippen molar-refractivity contribution in [3.8, 4) is 0 Å². The number of rotatable bonds is 3. The molecule has 9 heavy (non-hydrogen) atoms. The first kappa shape index (κ1) is 7.42. The highest BCUT2D eigenvalue weighted by atomic mass is 31.1. The van der Waals surface area contributed by atoms with E-state index >= 15 is 0 Å². The highest BCUT2D eigenvalue weighted by Crippen LogP contribution is 2.15. The Morgan fingerprint density at radius 2 is 2.67 bits per heavy atom. The molecule has 2 unspecified atom stereocenters. The SMILES string of the molecule is OPOCC1CCCO1. The van der Waals surface area contributed by atoms with Crippen molar-refractivity contribution in [2.45, 2.75) is 18.9 Å². The summed E-state index contributed by atoms with van der Waals surface area (Å²) >= 11 is 0. The van der Waals surface area contributed by atoms with Crippen molar-refractivity contribution in [3.05, 3.63) is 0 Å². The molecule has 0 radical (unpaired) electrons. The summed E-state index contributed by atoms with van der Waals surface area (Å²) in [7, 11) is -0.396. The lowest BCUT2D eigenvalue weighted by molar-refractivity contribution is 0.0705. The highest BCUT2D eigenvalue weighted by molar-refractivity contribution is 7.24. The van der Waals surface area contributed by atoms with Gasteiger partial charge in [-0.15, -0.1) is 0 Å². The third-order valence-corrected chi connectivity index (χ3v) is 1.65. The summed E-state index contributed by atoms with van der Waals surface area (Å²) < 4.78 is 10.00. The molecule has 0 aromatic heterocycles. The van der Waals surface area contributed by atoms with Crippen LogP contribution in [0.5, 0.6) is 0 Å². The molecule has 1 saturated heterocycles. The van der Waals surface area contributed by atoms with E-state index in [2.05, 4.69) is 0 Å². The van der Waals surface area contributed by atoms with Crippen LogP contribution < -0.4 is 0 Å². The molecule has 3 nitrogen and oxygen atoms in total. The Labute approximate surface area is 56.3 Å². The maximum Gasteiger partial charge on any atom is 0.152 e. The molecular formula is C5H11O3P. The summed E-state index contributed by atoms with van der Waals surface area (Å²) in [5.41, 5.74) is 0. The van der Waals surface area contributed by atoms with Gasteiger partial charge in [-0.1, -0.05) is 0 Å². The molecule has 0 spiro atoms. The maximum absolute atomic E-state index is 8.28. The molecule has 1 heterocycles. The lowest BCUT2D eigenvalue weighted by Crippen LogP contribution is -2.10. The van der Waals surface area contributed by atoms with Gasteiger partial charge in [0, 0.05) is 6.61 Å². The quantitative estimate of drug-likeness (QED) is 0.601. The van der Waals surface area contributed by atoms with Gasteiger partial charge in [-0.2, -0.15) is 0 Å². The molecular weight excluding hydrogens is 139 g/mol. The largest absolute Gasteiger partial charge is 0.376 e. The van der Waals surface area contributed by atoms with Gasteiger partial charge in [-0.3, -0.25) is 0 Å². The normalized spacial score (nSPS) is 28.3. The Hall–Kier alpha value is 0.310. The predicted octanol–water partition coefficient (Wildman–Crippen LogP) is 0.683. The van der Waals surface area contributed by atoms with Gasteiger partial charge in [0.2, 0.25) is 0 Å². The standard InChI is InChI=1S/C5H11O3P/c6-9-8-4-5-2-1-3-7-5/h5-6,9H,1-4H2. The zero-order chi connectivity index (χ0) is 6.53. The van der Waals surface area contributed by atoms with Crippen LogP contribution in [0.25, 0.3) is 0 Å². The monoisotopic (exact) mass is 150 g/mol. The van der Waals surface area contributed by atoms with Crippen molar-refractivity contribution < 1.29 is 14.2 Å². The van der Waals surface area contributed by atoms with E-state index in [1.165, 1.54) is 0 Å². The van der Waals surface area contributed by atoms with E-state index in [1.807, 2.05) is 0 Å². The van der Waals surface area contributed by atoms with Gasteiger partial charge in [-0.05, 0) is 12.8 Å². The van der Waals surface area contributed by atoms with Gasteiger partial charge >= 0.3 is 0 Å². The van der Waals surface area contributed by atoms with Crippen LogP contribution in [-0.2, 0) is 9.26 Å². The third kappa shape index (κ3) is 2.59. The zero-order valence-electron chi connectivity index (χ0n) is 5.17. The van der Waals surface area contributed by atoms with Gasteiger partial charge in [0.25, 0.3) is 0 Å². The van der Waals surface area contributed by atoms with E-state index in [0.717, 1.165) is 19.4 Å². The predicted molar refractivity (Wildman–Crippen MR) is 35.5 cm³/mol. The number of ether oxygens (including phenoxy) is 1. The van der Waals surface area contributed by atoms with E-state index in [1.54, 1.807) is 0 Å². The first-order chi connectivity index (χ1) is 4.43. The summed E-state index contributed by atoms with van der Waals surface area (Å²) in [6.45, 7) is 1.40. The zero-order valence-corrected chi connectivity index (χ0v) is 6.17. The topological polar surface area (TPSA) is 38.7 Å². The fourth-order valence-corrected chi connectivity index (χ4v) is 1.17. The van der Waals surface area contributed by atoms with Crippen molar-refractivity contribution in [3.63, 3.8) is 0 Å². The molecule has 4 heteroatoms. The van der Waals surface area contributed by atoms with Gasteiger partial charge in [-0.25, -0.2) is 0 Å². The van der Waals surface area contributed by atoms with E-state index < -0.39 is 9.03 Å². The Morgan fingerprint density at radius 1 is 1.78 bits per heavy atom. The average Bonchev–Trinajstić information content (AvgIpc) is 2.34. The Bertz CT molecular complexity index is 72.6. The van der Waals surface area contributed by atoms with Crippen molar-refractivity contribution in [2.24, 2.45) is 0 Å². The fourth-order valence-electron chi connectivity index (χ4n) is 0.906. The van der Waals surface area contributed by atoms with Crippen LogP contribution in [-0.4, -0.2) is 24.2 Å². The summed E-state index contributed by atoms with van der Waals surface area (Å²) in [5, 5.41) is 0. The van der Waals surface area contributed by atoms with Crippen LogP contribution in [0.3, 0.4) is 0 Å². The molecule has 0 aromatic carbocycles. The minimum Gasteiger partial charge on any atom is -0.376 e. The first-order valence-electron chi connectivity index (χ1n) is 3.06. The highest BCUT2D eigenvalue weighted by Gasteiger charge is 2.14. The molecule has 1 rings (SSSR count). The van der Waals surface area contributed by atoms with Gasteiger partial charge < -0.3 is 14.2 Å². The molecule has 1 aliphatic rings. The second-order valence-electron chi connectivity index (χ2n) is 2.04. The van der Waals surface area contributed by atoms with Crippen molar-refractivity contribution in [1.82, 2.24) is 0 Å². The van der Waals surface area contributed by atoms with Crippen LogP contribution in [0.4, 0.5) is 0 Å². The van der Waals surface area contributed by atoms with Gasteiger partial charge in [0.15, 0.2) is 9.03 Å². The smallest absolute Gasteiger partial charge is 0.152 e. The van der Waals surface area contributed by atoms with Crippen molar-refractivity contribution >= 4 is 9.03 Å². The molecule has 0 aromatic rings. The minimum absolute atomic E-state index is 0.240. The van der Waals surface area contributed by atoms with Gasteiger partial charge in [0.1, 0.15) is 0 Å². The second kappa shape index (κ2) is 4.18. The fraction of sp³-hybridized carbons (Fsp3) is 1.00. The summed E-state index contributed by atoms with van der Waals surface area (Å²) in [6.07, 6.45) is 2.44. The minimum atomic E-state index is -0.396. The lowest BCUT2D eigenvalue weighted by atomic mass is 10.2. The van der Waals surface area contributed by atoms with Crippen LogP contribution >= 0.6 is 9.03 Å². The molecule has 0 saturated carbocycles. The molecule has 0 bridgehead atoms. The molecule has 0 aliphatic carbocycles. The number of hydrogen-bond acceptors (Lipinski definition) is 3. The molecule has 2 atom stereocenters. The van der Waals surface area contributed by atoms with Crippen LogP contribution in [0.15, 0.2) is 0 Å².